The van der Waals surface area contributed by atoms with Crippen molar-refractivity contribution in [1.29, 1.82) is 5.26 Å². The number of imidazole rings is 1. The molecule has 0 spiro atoms. The number of nitriles is 1. The molecule has 0 saturated heterocycles. The minimum Gasteiger partial charge on any atom is -0.329 e. The lowest BCUT2D eigenvalue weighted by atomic mass is 10.1. The molecule has 0 aliphatic carbocycles. The summed E-state index contributed by atoms with van der Waals surface area (Å²) in [7, 11) is -3.58. The molecule has 0 fully saturated rings. The number of benzene rings is 1. The van der Waals surface area contributed by atoms with Gasteiger partial charge in [-0.05, 0) is 24.6 Å². The number of aromatic nitrogens is 2. The van der Waals surface area contributed by atoms with E-state index in [1.54, 1.807) is 30.0 Å². The summed E-state index contributed by atoms with van der Waals surface area (Å²) in [5.74, 6) is -0.211. The van der Waals surface area contributed by atoms with Crippen molar-refractivity contribution < 1.29 is 12.6 Å². The van der Waals surface area contributed by atoms with Gasteiger partial charge in [-0.1, -0.05) is 12.1 Å². The standard InChI is InChI=1S/C14H15N3O3S/c1-2-20-21(18,19)10-14-8-16-11-17(14)9-13-5-3-12(7-15)4-6-13/h3-6,8,11H,2,9-10H2,1H3. The molecule has 0 unspecified atom stereocenters. The van der Waals surface area contributed by atoms with Gasteiger partial charge in [-0.15, -0.1) is 0 Å². The van der Waals surface area contributed by atoms with Crippen LogP contribution in [0.2, 0.25) is 0 Å². The lowest BCUT2D eigenvalue weighted by molar-refractivity contribution is 0.337. The van der Waals surface area contributed by atoms with E-state index in [1.165, 1.54) is 6.20 Å². The first kappa shape index (κ1) is 15.2. The Morgan fingerprint density at radius 2 is 2.05 bits per heavy atom. The van der Waals surface area contributed by atoms with E-state index in [2.05, 4.69) is 11.1 Å². The number of hydrogen-bond acceptors (Lipinski definition) is 5. The number of nitrogens with zero attached hydrogens (tertiary/aromatic N) is 3. The summed E-state index contributed by atoms with van der Waals surface area (Å²) in [6.45, 7) is 2.24. The molecule has 110 valence electrons. The molecule has 1 aromatic carbocycles. The van der Waals surface area contributed by atoms with Crippen molar-refractivity contribution in [3.8, 4) is 6.07 Å². The predicted molar refractivity (Wildman–Crippen MR) is 76.7 cm³/mol. The fraction of sp³-hybridized carbons (Fsp3) is 0.286. The maximum atomic E-state index is 11.7. The summed E-state index contributed by atoms with van der Waals surface area (Å²) in [4.78, 5) is 3.99. The van der Waals surface area contributed by atoms with Crippen molar-refractivity contribution in [2.75, 3.05) is 6.61 Å². The fourth-order valence-corrected chi connectivity index (χ4v) is 2.94. The molecule has 2 aromatic rings. The van der Waals surface area contributed by atoms with Crippen molar-refractivity contribution in [2.24, 2.45) is 0 Å². The normalized spacial score (nSPS) is 11.2. The van der Waals surface area contributed by atoms with E-state index in [9.17, 15) is 8.42 Å². The Bertz CT molecular complexity index is 743. The highest BCUT2D eigenvalue weighted by Crippen LogP contribution is 2.11. The van der Waals surface area contributed by atoms with E-state index in [1.807, 2.05) is 12.1 Å². The van der Waals surface area contributed by atoms with Crippen molar-refractivity contribution in [1.82, 2.24) is 9.55 Å². The SMILES string of the molecule is CCOS(=O)(=O)Cc1cncn1Cc1ccc(C#N)cc1. The van der Waals surface area contributed by atoms with Gasteiger partial charge in [0.15, 0.2) is 0 Å². The molecule has 1 heterocycles. The molecule has 2 rings (SSSR count). The summed E-state index contributed by atoms with van der Waals surface area (Å²) in [5.41, 5.74) is 2.11. The van der Waals surface area contributed by atoms with Gasteiger partial charge in [-0.3, -0.25) is 4.18 Å². The lowest BCUT2D eigenvalue weighted by Crippen LogP contribution is -2.12. The third kappa shape index (κ3) is 4.15. The lowest BCUT2D eigenvalue weighted by Gasteiger charge is -2.09. The quantitative estimate of drug-likeness (QED) is 0.758. The van der Waals surface area contributed by atoms with E-state index in [0.717, 1.165) is 5.56 Å². The van der Waals surface area contributed by atoms with Gasteiger partial charge in [-0.25, -0.2) is 4.98 Å². The van der Waals surface area contributed by atoms with Crippen LogP contribution in [-0.2, 0) is 26.6 Å². The molecule has 0 saturated carbocycles. The maximum Gasteiger partial charge on any atom is 0.273 e. The van der Waals surface area contributed by atoms with E-state index in [4.69, 9.17) is 9.44 Å². The highest BCUT2D eigenvalue weighted by atomic mass is 32.2. The molecule has 1 aromatic heterocycles. The zero-order valence-corrected chi connectivity index (χ0v) is 12.4. The second-order valence-corrected chi connectivity index (χ2v) is 6.07. The minimum absolute atomic E-state index is 0.117. The second-order valence-electron chi connectivity index (χ2n) is 4.43. The fourth-order valence-electron chi connectivity index (χ4n) is 1.89. The summed E-state index contributed by atoms with van der Waals surface area (Å²) < 4.78 is 29.9. The molecule has 0 aliphatic heterocycles. The van der Waals surface area contributed by atoms with Crippen LogP contribution < -0.4 is 0 Å². The first-order valence-corrected chi connectivity index (χ1v) is 7.97. The van der Waals surface area contributed by atoms with Gasteiger partial charge in [0.2, 0.25) is 0 Å². The summed E-state index contributed by atoms with van der Waals surface area (Å²) >= 11 is 0. The highest BCUT2D eigenvalue weighted by molar-refractivity contribution is 7.85. The van der Waals surface area contributed by atoms with Crippen LogP contribution in [0.3, 0.4) is 0 Å². The molecule has 0 amide bonds. The summed E-state index contributed by atoms with van der Waals surface area (Å²) in [6.07, 6.45) is 3.09. The Morgan fingerprint density at radius 3 is 2.67 bits per heavy atom. The molecular formula is C14H15N3O3S. The van der Waals surface area contributed by atoms with Crippen molar-refractivity contribution in [3.63, 3.8) is 0 Å². The van der Waals surface area contributed by atoms with Gasteiger partial charge in [0.25, 0.3) is 10.1 Å². The maximum absolute atomic E-state index is 11.7. The third-order valence-corrected chi connectivity index (χ3v) is 4.10. The minimum atomic E-state index is -3.58. The Balaban J connectivity index is 2.15. The van der Waals surface area contributed by atoms with Crippen LogP contribution in [0.15, 0.2) is 36.8 Å². The smallest absolute Gasteiger partial charge is 0.273 e. The summed E-state index contributed by atoms with van der Waals surface area (Å²) in [5, 5.41) is 8.76. The van der Waals surface area contributed by atoms with Crippen molar-refractivity contribution in [3.05, 3.63) is 53.6 Å². The number of rotatable bonds is 6. The Kier molecular flexibility index (Phi) is 4.73. The van der Waals surface area contributed by atoms with Gasteiger partial charge in [-0.2, -0.15) is 13.7 Å². The largest absolute Gasteiger partial charge is 0.329 e. The van der Waals surface area contributed by atoms with E-state index < -0.39 is 10.1 Å². The van der Waals surface area contributed by atoms with Crippen LogP contribution in [0.4, 0.5) is 0 Å². The van der Waals surface area contributed by atoms with E-state index in [0.29, 0.717) is 17.8 Å². The van der Waals surface area contributed by atoms with E-state index >= 15 is 0 Å². The van der Waals surface area contributed by atoms with Gasteiger partial charge >= 0.3 is 0 Å². The molecule has 7 heteroatoms. The molecule has 0 N–H and O–H groups in total. The molecule has 0 atom stereocenters. The van der Waals surface area contributed by atoms with Crippen LogP contribution in [0, 0.1) is 11.3 Å². The first-order valence-electron chi connectivity index (χ1n) is 6.39. The van der Waals surface area contributed by atoms with Crippen LogP contribution in [0.25, 0.3) is 0 Å². The van der Waals surface area contributed by atoms with Gasteiger partial charge in [0, 0.05) is 12.7 Å². The topological polar surface area (TPSA) is 85.0 Å². The van der Waals surface area contributed by atoms with Crippen LogP contribution in [0.1, 0.15) is 23.7 Å². The molecule has 0 bridgehead atoms. The number of hydrogen-bond donors (Lipinski definition) is 0. The van der Waals surface area contributed by atoms with Crippen molar-refractivity contribution >= 4 is 10.1 Å². The van der Waals surface area contributed by atoms with Crippen LogP contribution in [-0.4, -0.2) is 24.6 Å². The molecule has 21 heavy (non-hydrogen) atoms. The van der Waals surface area contributed by atoms with Crippen LogP contribution in [0.5, 0.6) is 0 Å². The third-order valence-electron chi connectivity index (χ3n) is 2.86. The molecule has 0 aliphatic rings. The Hall–Kier alpha value is -2.17. The zero-order valence-electron chi connectivity index (χ0n) is 11.6. The average molecular weight is 305 g/mol. The molecule has 6 nitrogen and oxygen atoms in total. The molecular weight excluding hydrogens is 290 g/mol. The second kappa shape index (κ2) is 6.52. The average Bonchev–Trinajstić information content (AvgIpc) is 2.86. The zero-order chi connectivity index (χ0) is 15.3. The first-order chi connectivity index (χ1) is 10.0. The highest BCUT2D eigenvalue weighted by Gasteiger charge is 2.15. The Morgan fingerprint density at radius 1 is 1.33 bits per heavy atom. The Labute approximate surface area is 123 Å². The van der Waals surface area contributed by atoms with Gasteiger partial charge in [0.05, 0.1) is 30.3 Å². The van der Waals surface area contributed by atoms with Gasteiger partial charge in [0.1, 0.15) is 5.75 Å². The van der Waals surface area contributed by atoms with E-state index in [-0.39, 0.29) is 12.4 Å². The predicted octanol–water partition coefficient (Wildman–Crippen LogP) is 1.67. The van der Waals surface area contributed by atoms with Crippen LogP contribution >= 0.6 is 0 Å². The van der Waals surface area contributed by atoms with Gasteiger partial charge < -0.3 is 4.57 Å². The monoisotopic (exact) mass is 305 g/mol. The summed E-state index contributed by atoms with van der Waals surface area (Å²) in [6, 6.07) is 9.17. The molecule has 0 radical (unpaired) electrons. The van der Waals surface area contributed by atoms with Crippen molar-refractivity contribution in [2.45, 2.75) is 19.2 Å².